The third kappa shape index (κ3) is 4.74. The molecule has 0 unspecified atom stereocenters. The van der Waals surface area contributed by atoms with Gasteiger partial charge in [-0.2, -0.15) is 0 Å². The molecule has 2 aromatic rings. The van der Waals surface area contributed by atoms with Crippen LogP contribution in [0.1, 0.15) is 35.4 Å². The van der Waals surface area contributed by atoms with Gasteiger partial charge in [-0.05, 0) is 47.3 Å². The number of piperidine rings is 1. The SMILES string of the molecule is O=C(c1cccc(Cl)c1Cl)N1CCCC[C@H]1CNCc1ncc(Br)cn1. The van der Waals surface area contributed by atoms with E-state index in [0.29, 0.717) is 28.7 Å². The van der Waals surface area contributed by atoms with Crippen molar-refractivity contribution in [2.45, 2.75) is 31.8 Å². The fraction of sp³-hybridized carbons (Fsp3) is 0.389. The minimum absolute atomic E-state index is 0.0658. The Balaban J connectivity index is 1.64. The summed E-state index contributed by atoms with van der Waals surface area (Å²) >= 11 is 15.6. The van der Waals surface area contributed by atoms with Crippen molar-refractivity contribution < 1.29 is 4.79 Å². The number of halogens is 3. The zero-order chi connectivity index (χ0) is 18.5. The maximum absolute atomic E-state index is 13.0. The van der Waals surface area contributed by atoms with Crippen LogP contribution < -0.4 is 5.32 Å². The fourth-order valence-electron chi connectivity index (χ4n) is 3.08. The smallest absolute Gasteiger partial charge is 0.255 e. The van der Waals surface area contributed by atoms with Crippen molar-refractivity contribution in [1.29, 1.82) is 0 Å². The third-order valence-corrected chi connectivity index (χ3v) is 5.64. The number of hydrogen-bond donors (Lipinski definition) is 1. The molecule has 1 atom stereocenters. The summed E-state index contributed by atoms with van der Waals surface area (Å²) in [6.07, 6.45) is 6.51. The van der Waals surface area contributed by atoms with Gasteiger partial charge < -0.3 is 10.2 Å². The van der Waals surface area contributed by atoms with Crippen LogP contribution >= 0.6 is 39.1 Å². The number of nitrogens with zero attached hydrogens (tertiary/aromatic N) is 3. The lowest BCUT2D eigenvalue weighted by Crippen LogP contribution is -2.48. The fourth-order valence-corrected chi connectivity index (χ4v) is 3.67. The molecule has 1 aliphatic rings. The van der Waals surface area contributed by atoms with Crippen molar-refractivity contribution in [3.8, 4) is 0 Å². The number of nitrogens with one attached hydrogen (secondary N) is 1. The predicted molar refractivity (Wildman–Crippen MR) is 107 cm³/mol. The molecule has 1 aromatic carbocycles. The van der Waals surface area contributed by atoms with Gasteiger partial charge in [-0.15, -0.1) is 0 Å². The molecular formula is C18H19BrCl2N4O. The Bertz CT molecular complexity index is 772. The van der Waals surface area contributed by atoms with E-state index in [4.69, 9.17) is 23.2 Å². The molecule has 0 bridgehead atoms. The van der Waals surface area contributed by atoms with E-state index < -0.39 is 0 Å². The number of likely N-dealkylation sites (tertiary alicyclic amines) is 1. The van der Waals surface area contributed by atoms with Gasteiger partial charge in [0.2, 0.25) is 0 Å². The number of hydrogen-bond acceptors (Lipinski definition) is 4. The first-order chi connectivity index (χ1) is 12.6. The first-order valence-electron chi connectivity index (χ1n) is 8.48. The van der Waals surface area contributed by atoms with E-state index in [9.17, 15) is 4.79 Å². The number of carbonyl (C=O) groups excluding carboxylic acids is 1. The maximum Gasteiger partial charge on any atom is 0.255 e. The highest BCUT2D eigenvalue weighted by Gasteiger charge is 2.28. The first kappa shape index (κ1) is 19.5. The van der Waals surface area contributed by atoms with Crippen LogP contribution in [0.5, 0.6) is 0 Å². The molecule has 0 radical (unpaired) electrons. The molecule has 0 aliphatic carbocycles. The van der Waals surface area contributed by atoms with E-state index in [2.05, 4.69) is 31.2 Å². The van der Waals surface area contributed by atoms with E-state index in [1.807, 2.05) is 4.90 Å². The second-order valence-electron chi connectivity index (χ2n) is 6.20. The highest BCUT2D eigenvalue weighted by molar-refractivity contribution is 9.10. The maximum atomic E-state index is 13.0. The molecule has 1 aliphatic heterocycles. The second kappa shape index (κ2) is 9.13. The number of benzene rings is 1. The van der Waals surface area contributed by atoms with E-state index in [1.54, 1.807) is 30.6 Å². The molecular weight excluding hydrogens is 439 g/mol. The summed E-state index contributed by atoms with van der Waals surface area (Å²) in [5.41, 5.74) is 0.460. The van der Waals surface area contributed by atoms with Crippen LogP contribution in [0.15, 0.2) is 35.1 Å². The molecule has 0 saturated carbocycles. The quantitative estimate of drug-likeness (QED) is 0.725. The van der Waals surface area contributed by atoms with Crippen LogP contribution in [0.3, 0.4) is 0 Å². The van der Waals surface area contributed by atoms with Crippen molar-refractivity contribution in [1.82, 2.24) is 20.2 Å². The number of rotatable bonds is 5. The van der Waals surface area contributed by atoms with Crippen molar-refractivity contribution in [2.24, 2.45) is 0 Å². The van der Waals surface area contributed by atoms with Gasteiger partial charge in [0.05, 0.1) is 26.6 Å². The van der Waals surface area contributed by atoms with Crippen LogP contribution in [0, 0.1) is 0 Å². The Morgan fingerprint density at radius 2 is 2.04 bits per heavy atom. The molecule has 0 spiro atoms. The zero-order valence-electron chi connectivity index (χ0n) is 14.1. The minimum Gasteiger partial charge on any atom is -0.334 e. The molecule has 1 aromatic heterocycles. The van der Waals surface area contributed by atoms with Gasteiger partial charge >= 0.3 is 0 Å². The van der Waals surface area contributed by atoms with Gasteiger partial charge in [0.1, 0.15) is 5.82 Å². The minimum atomic E-state index is -0.0658. The topological polar surface area (TPSA) is 58.1 Å². The van der Waals surface area contributed by atoms with Crippen LogP contribution in [-0.2, 0) is 6.54 Å². The molecule has 3 rings (SSSR count). The average Bonchev–Trinajstić information content (AvgIpc) is 2.65. The highest BCUT2D eigenvalue weighted by atomic mass is 79.9. The van der Waals surface area contributed by atoms with Crippen LogP contribution in [0.2, 0.25) is 10.0 Å². The van der Waals surface area contributed by atoms with Crippen LogP contribution in [0.4, 0.5) is 0 Å². The standard InChI is InChI=1S/C18H19BrCl2N4O/c19-12-8-23-16(24-9-12)11-22-10-13-4-1-2-7-25(13)18(26)14-5-3-6-15(20)17(14)21/h3,5-6,8-9,13,22H,1-2,4,7,10-11H2/t13-/m0/s1. The van der Waals surface area contributed by atoms with Gasteiger partial charge in [0.15, 0.2) is 0 Å². The Hall–Kier alpha value is -1.21. The Kier molecular flexibility index (Phi) is 6.86. The van der Waals surface area contributed by atoms with Gasteiger partial charge in [0.25, 0.3) is 5.91 Å². The van der Waals surface area contributed by atoms with Gasteiger partial charge in [-0.1, -0.05) is 29.3 Å². The molecule has 1 amide bonds. The molecule has 2 heterocycles. The lowest BCUT2D eigenvalue weighted by atomic mass is 10.0. The van der Waals surface area contributed by atoms with E-state index in [1.165, 1.54) is 0 Å². The van der Waals surface area contributed by atoms with E-state index >= 15 is 0 Å². The summed E-state index contributed by atoms with van der Waals surface area (Å²) < 4.78 is 0.851. The van der Waals surface area contributed by atoms with E-state index in [-0.39, 0.29) is 11.9 Å². The summed E-state index contributed by atoms with van der Waals surface area (Å²) in [4.78, 5) is 23.4. The predicted octanol–water partition coefficient (Wildman–Crippen LogP) is 4.33. The van der Waals surface area contributed by atoms with Gasteiger partial charge in [-0.25, -0.2) is 9.97 Å². The average molecular weight is 458 g/mol. The molecule has 5 nitrogen and oxygen atoms in total. The van der Waals surface area contributed by atoms with Crippen LogP contribution in [0.25, 0.3) is 0 Å². The summed E-state index contributed by atoms with van der Waals surface area (Å²) in [6.45, 7) is 1.97. The number of aromatic nitrogens is 2. The molecule has 1 saturated heterocycles. The number of carbonyl (C=O) groups is 1. The van der Waals surface area contributed by atoms with Crippen molar-refractivity contribution >= 4 is 45.0 Å². The Morgan fingerprint density at radius 3 is 2.81 bits per heavy atom. The molecule has 8 heteroatoms. The van der Waals surface area contributed by atoms with Gasteiger partial charge in [-0.3, -0.25) is 4.79 Å². The highest BCUT2D eigenvalue weighted by Crippen LogP contribution is 2.28. The third-order valence-electron chi connectivity index (χ3n) is 4.41. The van der Waals surface area contributed by atoms with E-state index in [0.717, 1.165) is 36.1 Å². The lowest BCUT2D eigenvalue weighted by Gasteiger charge is -2.36. The molecule has 138 valence electrons. The van der Waals surface area contributed by atoms with Crippen molar-refractivity contribution in [3.63, 3.8) is 0 Å². The van der Waals surface area contributed by atoms with Crippen LogP contribution in [-0.4, -0.2) is 39.9 Å². The Morgan fingerprint density at radius 1 is 1.27 bits per heavy atom. The summed E-state index contributed by atoms with van der Waals surface area (Å²) in [5.74, 6) is 0.656. The first-order valence-corrected chi connectivity index (χ1v) is 10.0. The zero-order valence-corrected chi connectivity index (χ0v) is 17.2. The summed E-state index contributed by atoms with van der Waals surface area (Å²) in [5, 5.41) is 4.08. The van der Waals surface area contributed by atoms with Gasteiger partial charge in [0, 0.05) is 31.5 Å². The van der Waals surface area contributed by atoms with Crippen molar-refractivity contribution in [2.75, 3.05) is 13.1 Å². The number of amides is 1. The lowest BCUT2D eigenvalue weighted by molar-refractivity contribution is 0.0612. The second-order valence-corrected chi connectivity index (χ2v) is 7.90. The molecule has 26 heavy (non-hydrogen) atoms. The summed E-state index contributed by atoms with van der Waals surface area (Å²) in [6, 6.07) is 5.28. The summed E-state index contributed by atoms with van der Waals surface area (Å²) in [7, 11) is 0. The largest absolute Gasteiger partial charge is 0.334 e. The normalized spacial score (nSPS) is 17.3. The molecule has 1 N–H and O–H groups in total. The monoisotopic (exact) mass is 456 g/mol. The molecule has 1 fully saturated rings. The van der Waals surface area contributed by atoms with Crippen molar-refractivity contribution in [3.05, 3.63) is 56.5 Å². The Labute approximate surface area is 171 Å².